The van der Waals surface area contributed by atoms with Gasteiger partial charge < -0.3 is 19.1 Å². The van der Waals surface area contributed by atoms with E-state index in [0.29, 0.717) is 55.5 Å². The van der Waals surface area contributed by atoms with E-state index in [2.05, 4.69) is 19.9 Å². The van der Waals surface area contributed by atoms with Crippen molar-refractivity contribution in [1.29, 1.82) is 0 Å². The summed E-state index contributed by atoms with van der Waals surface area (Å²) in [6.45, 7) is 11.6. The molecule has 11 heteroatoms. The Bertz CT molecular complexity index is 1390. The lowest BCUT2D eigenvalue weighted by Gasteiger charge is -2.39. The Morgan fingerprint density at radius 2 is 1.82 bits per heavy atom. The lowest BCUT2D eigenvalue weighted by Crippen LogP contribution is -2.49. The van der Waals surface area contributed by atoms with Crippen molar-refractivity contribution in [1.82, 2.24) is 29.3 Å². The Morgan fingerprint density at radius 3 is 2.56 bits per heavy atom. The van der Waals surface area contributed by atoms with E-state index < -0.39 is 5.60 Å². The molecular formula is C28H36N6O5. The SMILES string of the molecule is Cc1ccc2ncc(=O)n(CCN3CCC(N(Cc4cc5c(cn4)OCCO5)C(=O)OC(C)(C)C)CC3)c2n1. The van der Waals surface area contributed by atoms with Crippen LogP contribution in [0.25, 0.3) is 11.2 Å². The predicted octanol–water partition coefficient (Wildman–Crippen LogP) is 3.17. The number of amides is 1. The molecule has 11 nitrogen and oxygen atoms in total. The number of rotatable bonds is 6. The van der Waals surface area contributed by atoms with Crippen LogP contribution in [0.5, 0.6) is 11.5 Å². The van der Waals surface area contributed by atoms with Gasteiger partial charge in [0.1, 0.15) is 24.3 Å². The van der Waals surface area contributed by atoms with Crippen molar-refractivity contribution >= 4 is 17.3 Å². The van der Waals surface area contributed by atoms with Gasteiger partial charge in [-0.2, -0.15) is 0 Å². The van der Waals surface area contributed by atoms with Gasteiger partial charge in [0.2, 0.25) is 0 Å². The van der Waals surface area contributed by atoms with Gasteiger partial charge in [-0.15, -0.1) is 0 Å². The molecule has 1 saturated heterocycles. The number of hydrogen-bond donors (Lipinski definition) is 0. The molecule has 5 rings (SSSR count). The molecule has 3 aromatic heterocycles. The van der Waals surface area contributed by atoms with E-state index in [1.54, 1.807) is 15.7 Å². The fourth-order valence-electron chi connectivity index (χ4n) is 4.96. The highest BCUT2D eigenvalue weighted by Gasteiger charge is 2.32. The summed E-state index contributed by atoms with van der Waals surface area (Å²) in [6, 6.07) is 5.63. The Balaban J connectivity index is 1.26. The largest absolute Gasteiger partial charge is 0.486 e. The van der Waals surface area contributed by atoms with Crippen LogP contribution < -0.4 is 15.0 Å². The van der Waals surface area contributed by atoms with Gasteiger partial charge in [-0.1, -0.05) is 0 Å². The normalized spacial score (nSPS) is 16.3. The summed E-state index contributed by atoms with van der Waals surface area (Å²) in [5, 5.41) is 0. The van der Waals surface area contributed by atoms with E-state index in [4.69, 9.17) is 14.2 Å². The number of nitrogens with zero attached hydrogens (tertiary/aromatic N) is 6. The number of likely N-dealkylation sites (tertiary alicyclic amines) is 1. The van der Waals surface area contributed by atoms with E-state index in [-0.39, 0.29) is 17.7 Å². The lowest BCUT2D eigenvalue weighted by atomic mass is 10.0. The van der Waals surface area contributed by atoms with Gasteiger partial charge in [-0.05, 0) is 52.7 Å². The van der Waals surface area contributed by atoms with Crippen LogP contribution in [0.15, 0.2) is 35.4 Å². The van der Waals surface area contributed by atoms with Gasteiger partial charge in [-0.3, -0.25) is 19.2 Å². The molecule has 2 aliphatic rings. The van der Waals surface area contributed by atoms with Gasteiger partial charge in [0, 0.05) is 44.0 Å². The number of carbonyl (C=O) groups excluding carboxylic acids is 1. The van der Waals surface area contributed by atoms with Crippen molar-refractivity contribution < 1.29 is 19.0 Å². The van der Waals surface area contributed by atoms with Gasteiger partial charge in [0.15, 0.2) is 17.1 Å². The van der Waals surface area contributed by atoms with Crippen molar-refractivity contribution in [2.75, 3.05) is 32.8 Å². The maximum atomic E-state index is 13.3. The Labute approximate surface area is 227 Å². The van der Waals surface area contributed by atoms with Crippen LogP contribution >= 0.6 is 0 Å². The minimum atomic E-state index is -0.608. The molecule has 0 unspecified atom stereocenters. The smallest absolute Gasteiger partial charge is 0.410 e. The molecule has 3 aromatic rings. The van der Waals surface area contributed by atoms with E-state index in [1.807, 2.05) is 45.9 Å². The quantitative estimate of drug-likeness (QED) is 0.469. The highest BCUT2D eigenvalue weighted by atomic mass is 16.6. The molecule has 2 aliphatic heterocycles. The second kappa shape index (κ2) is 11.2. The zero-order valence-electron chi connectivity index (χ0n) is 23.1. The Morgan fingerprint density at radius 1 is 1.08 bits per heavy atom. The summed E-state index contributed by atoms with van der Waals surface area (Å²) in [5.41, 5.74) is 2.13. The number of aromatic nitrogens is 4. The van der Waals surface area contributed by atoms with Crippen LogP contribution in [0.1, 0.15) is 45.0 Å². The Kier molecular flexibility index (Phi) is 7.69. The fourth-order valence-corrected chi connectivity index (χ4v) is 4.96. The summed E-state index contributed by atoms with van der Waals surface area (Å²) < 4.78 is 18.8. The van der Waals surface area contributed by atoms with E-state index >= 15 is 0 Å². The molecule has 1 amide bonds. The first-order valence-electron chi connectivity index (χ1n) is 13.5. The van der Waals surface area contributed by atoms with Crippen molar-refractivity contribution in [3.63, 3.8) is 0 Å². The van der Waals surface area contributed by atoms with Gasteiger partial charge in [0.05, 0.1) is 24.6 Å². The van der Waals surface area contributed by atoms with E-state index in [1.165, 1.54) is 6.20 Å². The summed E-state index contributed by atoms with van der Waals surface area (Å²) in [6.07, 6.45) is 4.23. The molecular weight excluding hydrogens is 500 g/mol. The highest BCUT2D eigenvalue weighted by molar-refractivity contribution is 5.70. The number of piperidine rings is 1. The molecule has 0 aliphatic carbocycles. The third-order valence-electron chi connectivity index (χ3n) is 6.91. The molecule has 5 heterocycles. The summed E-state index contributed by atoms with van der Waals surface area (Å²) in [4.78, 5) is 43.3. The minimum Gasteiger partial charge on any atom is -0.486 e. The van der Waals surface area contributed by atoms with Crippen LogP contribution in [-0.4, -0.2) is 79.9 Å². The van der Waals surface area contributed by atoms with Crippen molar-refractivity contribution in [2.45, 2.75) is 65.3 Å². The van der Waals surface area contributed by atoms with Crippen LogP contribution in [0.3, 0.4) is 0 Å². The average molecular weight is 537 g/mol. The molecule has 1 fully saturated rings. The summed E-state index contributed by atoms with van der Waals surface area (Å²) in [7, 11) is 0. The van der Waals surface area contributed by atoms with Crippen molar-refractivity contribution in [3.05, 3.63) is 52.3 Å². The molecule has 0 spiro atoms. The standard InChI is InChI=1S/C28H36N6O5/c1-19-5-6-22-26(31-19)33(25(35)17-30-22)12-11-32-9-7-21(8-10-32)34(27(36)39-28(2,3)4)18-20-15-23-24(16-29-20)38-14-13-37-23/h5-6,15-17,21H,7-14,18H2,1-4H3. The number of hydrogen-bond acceptors (Lipinski definition) is 9. The number of ether oxygens (including phenoxy) is 3. The highest BCUT2D eigenvalue weighted by Crippen LogP contribution is 2.30. The molecule has 0 N–H and O–H groups in total. The number of carbonyl (C=O) groups is 1. The molecule has 0 aromatic carbocycles. The lowest BCUT2D eigenvalue weighted by molar-refractivity contribution is 0.00529. The van der Waals surface area contributed by atoms with Crippen LogP contribution in [0, 0.1) is 6.92 Å². The molecule has 39 heavy (non-hydrogen) atoms. The van der Waals surface area contributed by atoms with Gasteiger partial charge >= 0.3 is 6.09 Å². The zero-order valence-corrected chi connectivity index (χ0v) is 23.1. The van der Waals surface area contributed by atoms with Crippen molar-refractivity contribution in [2.24, 2.45) is 0 Å². The first-order valence-corrected chi connectivity index (χ1v) is 13.5. The van der Waals surface area contributed by atoms with Gasteiger partial charge in [-0.25, -0.2) is 14.8 Å². The first-order chi connectivity index (χ1) is 18.7. The Hall–Kier alpha value is -3.73. The third kappa shape index (κ3) is 6.47. The van der Waals surface area contributed by atoms with Gasteiger partial charge in [0.25, 0.3) is 5.56 Å². The van der Waals surface area contributed by atoms with Crippen LogP contribution in [0.2, 0.25) is 0 Å². The molecule has 0 atom stereocenters. The van der Waals surface area contributed by atoms with Crippen molar-refractivity contribution in [3.8, 4) is 11.5 Å². The number of fused-ring (bicyclic) bond motifs is 2. The van der Waals surface area contributed by atoms with Crippen LogP contribution in [-0.2, 0) is 17.8 Å². The fraction of sp³-hybridized carbons (Fsp3) is 0.536. The average Bonchev–Trinajstić information content (AvgIpc) is 2.90. The predicted molar refractivity (Wildman–Crippen MR) is 145 cm³/mol. The molecule has 0 saturated carbocycles. The monoisotopic (exact) mass is 536 g/mol. The second-order valence-electron chi connectivity index (χ2n) is 11.0. The maximum Gasteiger partial charge on any atom is 0.410 e. The summed E-state index contributed by atoms with van der Waals surface area (Å²) >= 11 is 0. The van der Waals surface area contributed by atoms with Crippen LogP contribution in [0.4, 0.5) is 4.79 Å². The maximum absolute atomic E-state index is 13.3. The third-order valence-corrected chi connectivity index (χ3v) is 6.91. The topological polar surface area (TPSA) is 112 Å². The molecule has 208 valence electrons. The molecule has 0 bridgehead atoms. The molecule has 0 radical (unpaired) electrons. The summed E-state index contributed by atoms with van der Waals surface area (Å²) in [5.74, 6) is 1.27. The van der Waals surface area contributed by atoms with E-state index in [0.717, 1.165) is 37.3 Å². The second-order valence-corrected chi connectivity index (χ2v) is 11.0. The first kappa shape index (κ1) is 26.9. The number of aryl methyl sites for hydroxylation is 1. The van der Waals surface area contributed by atoms with E-state index in [9.17, 15) is 9.59 Å². The zero-order chi connectivity index (χ0) is 27.6. The number of pyridine rings is 2. The minimum absolute atomic E-state index is 0.0000973.